The maximum absolute atomic E-state index is 12.2. The molecule has 2 heterocycles. The van der Waals surface area contributed by atoms with E-state index in [0.29, 0.717) is 22.0 Å². The van der Waals surface area contributed by atoms with Crippen molar-refractivity contribution in [2.75, 3.05) is 11.9 Å². The van der Waals surface area contributed by atoms with E-state index in [1.165, 1.54) is 6.07 Å². The molecule has 7 nitrogen and oxygen atoms in total. The predicted molar refractivity (Wildman–Crippen MR) is 105 cm³/mol. The van der Waals surface area contributed by atoms with E-state index in [0.717, 1.165) is 11.1 Å². The van der Waals surface area contributed by atoms with Crippen molar-refractivity contribution in [1.29, 1.82) is 0 Å². The minimum Gasteiger partial charge on any atom is -0.484 e. The number of anilines is 1. The minimum absolute atomic E-state index is 0.205. The molecule has 0 saturated carbocycles. The number of amides is 1. The molecule has 0 radical (unpaired) electrons. The Balaban J connectivity index is 1.40. The molecule has 0 fully saturated rings. The molecule has 0 atom stereocenters. The first-order chi connectivity index (χ1) is 13.6. The van der Waals surface area contributed by atoms with Gasteiger partial charge in [0.2, 0.25) is 0 Å². The van der Waals surface area contributed by atoms with Crippen molar-refractivity contribution in [2.24, 2.45) is 0 Å². The number of halogens is 1. The summed E-state index contributed by atoms with van der Waals surface area (Å²) in [5.74, 6) is 0.0755. The van der Waals surface area contributed by atoms with Gasteiger partial charge in [-0.25, -0.2) is 9.78 Å². The Hall–Kier alpha value is -3.58. The van der Waals surface area contributed by atoms with Crippen LogP contribution in [0.1, 0.15) is 0 Å². The average molecular weight is 396 g/mol. The molecule has 0 aliphatic heterocycles. The van der Waals surface area contributed by atoms with Crippen molar-refractivity contribution in [3.8, 4) is 11.4 Å². The first kappa shape index (κ1) is 17.8. The van der Waals surface area contributed by atoms with Crippen molar-refractivity contribution in [3.05, 3.63) is 82.7 Å². The van der Waals surface area contributed by atoms with Crippen LogP contribution in [0.2, 0.25) is 5.02 Å². The van der Waals surface area contributed by atoms with Crippen LogP contribution in [0.3, 0.4) is 0 Å². The highest BCUT2D eigenvalue weighted by molar-refractivity contribution is 6.32. The van der Waals surface area contributed by atoms with Crippen molar-refractivity contribution in [3.63, 3.8) is 0 Å². The highest BCUT2D eigenvalue weighted by Crippen LogP contribution is 2.24. The van der Waals surface area contributed by atoms with Crippen LogP contribution in [0.4, 0.5) is 5.69 Å². The number of hydrogen-bond acceptors (Lipinski definition) is 5. The molecule has 0 spiro atoms. The standard InChI is InChI=1S/C20H14ClN3O4/c21-16-9-14(3-5-17(16)24-8-7-22-12-24)23-19(25)11-27-15-4-1-13-2-6-20(26)28-18(13)10-15/h1-10,12H,11H2,(H,23,25). The van der Waals surface area contributed by atoms with E-state index < -0.39 is 5.63 Å². The second-order valence-corrected chi connectivity index (χ2v) is 6.33. The third-order valence-electron chi connectivity index (χ3n) is 3.98. The molecule has 1 amide bonds. The molecule has 140 valence electrons. The van der Waals surface area contributed by atoms with Gasteiger partial charge >= 0.3 is 5.63 Å². The molecule has 0 bridgehead atoms. The molecule has 0 saturated heterocycles. The summed E-state index contributed by atoms with van der Waals surface area (Å²) in [5.41, 5.74) is 1.25. The summed E-state index contributed by atoms with van der Waals surface area (Å²) in [6.45, 7) is -0.205. The quantitative estimate of drug-likeness (QED) is 0.521. The summed E-state index contributed by atoms with van der Waals surface area (Å²) in [5, 5.41) is 3.97. The average Bonchev–Trinajstić information content (AvgIpc) is 3.20. The van der Waals surface area contributed by atoms with Gasteiger partial charge in [-0.15, -0.1) is 0 Å². The predicted octanol–water partition coefficient (Wildman–Crippen LogP) is 3.65. The van der Waals surface area contributed by atoms with Gasteiger partial charge in [0.05, 0.1) is 17.0 Å². The van der Waals surface area contributed by atoms with E-state index in [4.69, 9.17) is 20.8 Å². The van der Waals surface area contributed by atoms with Crippen LogP contribution in [0.25, 0.3) is 16.7 Å². The van der Waals surface area contributed by atoms with Crippen molar-refractivity contribution >= 4 is 34.2 Å². The molecule has 0 unspecified atom stereocenters. The summed E-state index contributed by atoms with van der Waals surface area (Å²) in [4.78, 5) is 27.4. The highest BCUT2D eigenvalue weighted by Gasteiger charge is 2.08. The van der Waals surface area contributed by atoms with Gasteiger partial charge in [0.1, 0.15) is 11.3 Å². The van der Waals surface area contributed by atoms with Gasteiger partial charge in [0.25, 0.3) is 5.91 Å². The summed E-state index contributed by atoms with van der Waals surface area (Å²) in [6.07, 6.45) is 5.07. The maximum Gasteiger partial charge on any atom is 0.336 e. The maximum atomic E-state index is 12.2. The monoisotopic (exact) mass is 395 g/mol. The van der Waals surface area contributed by atoms with Gasteiger partial charge in [-0.3, -0.25) is 4.79 Å². The number of carbonyl (C=O) groups is 1. The SMILES string of the molecule is O=C(COc1ccc2ccc(=O)oc2c1)Nc1ccc(-n2ccnc2)c(Cl)c1. The van der Waals surface area contributed by atoms with Gasteiger partial charge < -0.3 is 19.0 Å². The fourth-order valence-electron chi connectivity index (χ4n) is 2.67. The normalized spacial score (nSPS) is 10.8. The molecular formula is C20H14ClN3O4. The van der Waals surface area contributed by atoms with Gasteiger partial charge in [-0.2, -0.15) is 0 Å². The molecule has 1 N–H and O–H groups in total. The Morgan fingerprint density at radius 2 is 2.04 bits per heavy atom. The summed E-state index contributed by atoms with van der Waals surface area (Å²) >= 11 is 6.28. The number of benzene rings is 2. The lowest BCUT2D eigenvalue weighted by atomic mass is 10.2. The first-order valence-electron chi connectivity index (χ1n) is 8.33. The molecule has 2 aromatic carbocycles. The highest BCUT2D eigenvalue weighted by atomic mass is 35.5. The second-order valence-electron chi connectivity index (χ2n) is 5.93. The Kier molecular flexibility index (Phi) is 4.82. The summed E-state index contributed by atoms with van der Waals surface area (Å²) in [6, 6.07) is 13.2. The van der Waals surface area contributed by atoms with Crippen molar-refractivity contribution < 1.29 is 13.9 Å². The number of fused-ring (bicyclic) bond motifs is 1. The fraction of sp³-hybridized carbons (Fsp3) is 0.0500. The lowest BCUT2D eigenvalue weighted by Gasteiger charge is -2.10. The third kappa shape index (κ3) is 3.89. The van der Waals surface area contributed by atoms with Crippen molar-refractivity contribution in [2.45, 2.75) is 0 Å². The fourth-order valence-corrected chi connectivity index (χ4v) is 2.95. The van der Waals surface area contributed by atoms with E-state index in [1.54, 1.807) is 65.8 Å². The van der Waals surface area contributed by atoms with Crippen LogP contribution in [-0.4, -0.2) is 22.1 Å². The van der Waals surface area contributed by atoms with Crippen molar-refractivity contribution in [1.82, 2.24) is 9.55 Å². The van der Waals surface area contributed by atoms with Crippen LogP contribution in [0, 0.1) is 0 Å². The molecule has 0 aliphatic carbocycles. The number of imidazole rings is 1. The van der Waals surface area contributed by atoms with Crippen LogP contribution >= 0.6 is 11.6 Å². The number of hydrogen-bond donors (Lipinski definition) is 1. The molecular weight excluding hydrogens is 382 g/mol. The number of aromatic nitrogens is 2. The van der Waals surface area contributed by atoms with E-state index in [-0.39, 0.29) is 12.5 Å². The Labute approximate surface area is 164 Å². The van der Waals surface area contributed by atoms with Crippen LogP contribution in [-0.2, 0) is 4.79 Å². The molecule has 0 aliphatic rings. The number of nitrogens with zero attached hydrogens (tertiary/aromatic N) is 2. The molecule has 4 rings (SSSR count). The van der Waals surface area contributed by atoms with Gasteiger partial charge in [0, 0.05) is 35.6 Å². The zero-order valence-corrected chi connectivity index (χ0v) is 15.2. The largest absolute Gasteiger partial charge is 0.484 e. The molecule has 8 heteroatoms. The molecule has 4 aromatic rings. The van der Waals surface area contributed by atoms with Crippen LogP contribution in [0.5, 0.6) is 5.75 Å². The van der Waals surface area contributed by atoms with E-state index >= 15 is 0 Å². The molecule has 28 heavy (non-hydrogen) atoms. The molecule has 2 aromatic heterocycles. The zero-order chi connectivity index (χ0) is 19.5. The Morgan fingerprint density at radius 1 is 1.18 bits per heavy atom. The number of ether oxygens (including phenoxy) is 1. The lowest BCUT2D eigenvalue weighted by molar-refractivity contribution is -0.118. The number of rotatable bonds is 5. The van der Waals surface area contributed by atoms with E-state index in [1.807, 2.05) is 0 Å². The van der Waals surface area contributed by atoms with Gasteiger partial charge in [0.15, 0.2) is 6.61 Å². The van der Waals surface area contributed by atoms with Gasteiger partial charge in [-0.05, 0) is 36.4 Å². The van der Waals surface area contributed by atoms with E-state index in [2.05, 4.69) is 10.3 Å². The topological polar surface area (TPSA) is 86.4 Å². The van der Waals surface area contributed by atoms with Gasteiger partial charge in [-0.1, -0.05) is 11.6 Å². The third-order valence-corrected chi connectivity index (χ3v) is 4.28. The second kappa shape index (κ2) is 7.58. The van der Waals surface area contributed by atoms with Crippen LogP contribution < -0.4 is 15.7 Å². The van der Waals surface area contributed by atoms with Crippen LogP contribution in [0.15, 0.2) is 76.5 Å². The van der Waals surface area contributed by atoms with E-state index in [9.17, 15) is 9.59 Å². The Morgan fingerprint density at radius 3 is 2.82 bits per heavy atom. The summed E-state index contributed by atoms with van der Waals surface area (Å²) < 4.78 is 12.4. The first-order valence-corrected chi connectivity index (χ1v) is 8.71. The smallest absolute Gasteiger partial charge is 0.336 e. The number of carbonyl (C=O) groups excluding carboxylic acids is 1. The summed E-state index contributed by atoms with van der Waals surface area (Å²) in [7, 11) is 0. The zero-order valence-electron chi connectivity index (χ0n) is 14.5. The minimum atomic E-state index is -0.446. The number of nitrogens with one attached hydrogen (secondary N) is 1. The Bertz CT molecular complexity index is 1200. The lowest BCUT2D eigenvalue weighted by Crippen LogP contribution is -2.20.